The van der Waals surface area contributed by atoms with Gasteiger partial charge in [0.15, 0.2) is 0 Å². The average molecular weight is 1530 g/mol. The quantitative estimate of drug-likeness (QED) is 0.0184. The molecule has 4 aromatic carbocycles. The molecule has 112 heavy (non-hydrogen) atoms. The fourth-order valence-corrected chi connectivity index (χ4v) is 12.8. The van der Waals surface area contributed by atoms with Crippen LogP contribution in [-0.4, -0.2) is 201 Å². The van der Waals surface area contributed by atoms with Gasteiger partial charge in [-0.1, -0.05) is 48.5 Å². The van der Waals surface area contributed by atoms with E-state index >= 15 is 0 Å². The second-order valence-electron chi connectivity index (χ2n) is 28.2. The first-order valence-electron chi connectivity index (χ1n) is 37.7. The Bertz CT molecular complexity index is 4820. The van der Waals surface area contributed by atoms with Crippen molar-refractivity contribution in [2.24, 2.45) is 0 Å². The van der Waals surface area contributed by atoms with E-state index in [2.05, 4.69) is 9.97 Å². The maximum absolute atomic E-state index is 13.4. The maximum atomic E-state index is 13.4. The molecular weight excluding hydrogens is 1430 g/mol. The largest absolute Gasteiger partial charge is 0.494 e. The Kier molecular flexibility index (Phi) is 30.0. The van der Waals surface area contributed by atoms with E-state index in [1.165, 1.54) is 47.3 Å². The van der Waals surface area contributed by atoms with Crippen molar-refractivity contribution >= 4 is 99.8 Å². The fraction of sp³-hybridized carbons (Fsp3) is 0.384. The lowest BCUT2D eigenvalue weighted by Gasteiger charge is -2.21. The minimum Gasteiger partial charge on any atom is -0.494 e. The third kappa shape index (κ3) is 24.2. The van der Waals surface area contributed by atoms with Gasteiger partial charge in [0.05, 0.1) is 85.6 Å². The van der Waals surface area contributed by atoms with Crippen molar-refractivity contribution in [3.05, 3.63) is 144 Å². The number of benzene rings is 4. The lowest BCUT2D eigenvalue weighted by atomic mass is 10.00. The van der Waals surface area contributed by atoms with Crippen LogP contribution >= 0.6 is 0 Å². The Morgan fingerprint density at radius 1 is 0.366 bits per heavy atom. The Hall–Kier alpha value is -12.1. The Balaban J connectivity index is 1.24. The summed E-state index contributed by atoms with van der Waals surface area (Å²) in [5.74, 6) is -2.46. The van der Waals surface area contributed by atoms with Crippen LogP contribution in [0.15, 0.2) is 115 Å². The molecule has 3 N–H and O–H groups in total. The van der Waals surface area contributed by atoms with Crippen molar-refractivity contribution in [2.45, 2.75) is 140 Å². The Labute approximate surface area is 652 Å². The van der Waals surface area contributed by atoms with E-state index in [0.717, 1.165) is 0 Å². The summed E-state index contributed by atoms with van der Waals surface area (Å²) < 4.78 is 47.0. The number of aromatic nitrogens is 4. The smallest absolute Gasteiger partial charge is 0.325 e. The lowest BCUT2D eigenvalue weighted by molar-refractivity contribution is -0.152. The van der Waals surface area contributed by atoms with Crippen molar-refractivity contribution < 1.29 is 86.2 Å². The number of fused-ring (bicyclic) bond motifs is 8. The van der Waals surface area contributed by atoms with Gasteiger partial charge >= 0.3 is 29.8 Å². The van der Waals surface area contributed by atoms with Crippen molar-refractivity contribution in [1.29, 1.82) is 0 Å². The van der Waals surface area contributed by atoms with E-state index in [1.807, 2.05) is 121 Å². The van der Waals surface area contributed by atoms with Crippen molar-refractivity contribution in [3.8, 4) is 67.5 Å². The first-order valence-corrected chi connectivity index (χ1v) is 37.7. The number of carboxylic acid groups (broad SMARTS) is 1. The van der Waals surface area contributed by atoms with E-state index in [9.17, 15) is 48.3 Å². The van der Waals surface area contributed by atoms with E-state index < -0.39 is 36.3 Å². The molecule has 8 bridgehead atoms. The number of carbonyl (C=O) groups is 9. The summed E-state index contributed by atoms with van der Waals surface area (Å²) in [4.78, 5) is 139. The lowest BCUT2D eigenvalue weighted by Crippen LogP contribution is -2.36. The number of nitrogens with one attached hydrogen (secondary N) is 2. The Morgan fingerprint density at radius 2 is 0.643 bits per heavy atom. The van der Waals surface area contributed by atoms with E-state index in [4.69, 9.17) is 47.9 Å². The number of rotatable bonds is 38. The van der Waals surface area contributed by atoms with Gasteiger partial charge in [-0.25, -0.2) is 9.97 Å². The van der Waals surface area contributed by atoms with Crippen LogP contribution in [0.4, 0.5) is 0 Å². The summed E-state index contributed by atoms with van der Waals surface area (Å²) in [5.41, 5.74) is 9.38. The molecule has 2 aliphatic rings. The summed E-state index contributed by atoms with van der Waals surface area (Å²) in [6.07, 6.45) is 7.19. The van der Waals surface area contributed by atoms with Gasteiger partial charge in [-0.3, -0.25) is 43.2 Å². The van der Waals surface area contributed by atoms with Gasteiger partial charge in [-0.15, -0.1) is 0 Å². The molecule has 0 spiro atoms. The molecule has 0 saturated carbocycles. The van der Waals surface area contributed by atoms with Gasteiger partial charge in [0, 0.05) is 92.7 Å². The van der Waals surface area contributed by atoms with Crippen LogP contribution in [0, 0.1) is 0 Å². The summed E-state index contributed by atoms with van der Waals surface area (Å²) in [6.45, 7) is 20.2. The molecule has 7 aromatic rings. The normalized spacial score (nSPS) is 11.5. The summed E-state index contributed by atoms with van der Waals surface area (Å²) in [6, 6.07) is 35.5. The molecule has 2 aliphatic heterocycles. The predicted octanol–water partition coefficient (Wildman–Crippen LogP) is 13.2. The van der Waals surface area contributed by atoms with E-state index in [0.29, 0.717) is 144 Å². The van der Waals surface area contributed by atoms with Crippen LogP contribution < -0.4 is 18.9 Å². The van der Waals surface area contributed by atoms with Crippen LogP contribution in [0.2, 0.25) is 0 Å². The highest BCUT2D eigenvalue weighted by atomic mass is 16.6. The van der Waals surface area contributed by atoms with Crippen LogP contribution in [-0.2, 0) is 68.5 Å². The zero-order valence-electron chi connectivity index (χ0n) is 65.7. The zero-order valence-corrected chi connectivity index (χ0v) is 65.7. The molecule has 0 unspecified atom stereocenters. The maximum Gasteiger partial charge on any atom is 0.325 e. The highest BCUT2D eigenvalue weighted by molar-refractivity contribution is 6.02. The fourth-order valence-electron chi connectivity index (χ4n) is 12.8. The van der Waals surface area contributed by atoms with Crippen LogP contribution in [0.25, 0.3) is 90.9 Å². The van der Waals surface area contributed by atoms with E-state index in [-0.39, 0.29) is 127 Å². The number of amides is 4. The molecule has 5 heterocycles. The van der Waals surface area contributed by atoms with Gasteiger partial charge in [-0.05, 0) is 200 Å². The monoisotopic (exact) mass is 1530 g/mol. The van der Waals surface area contributed by atoms with Gasteiger partial charge in [0.1, 0.15) is 49.2 Å². The zero-order chi connectivity index (χ0) is 80.7. The summed E-state index contributed by atoms with van der Waals surface area (Å²) in [5, 5.41) is 10.9. The molecule has 26 heteroatoms. The summed E-state index contributed by atoms with van der Waals surface area (Å²) in [7, 11) is 0. The molecule has 26 nitrogen and oxygen atoms in total. The van der Waals surface area contributed by atoms with Crippen LogP contribution in [0.1, 0.15) is 137 Å². The third-order valence-corrected chi connectivity index (χ3v) is 17.7. The number of hydrogen-bond acceptors (Lipinski definition) is 19. The molecular formula is C86H100N8O18. The van der Waals surface area contributed by atoms with Gasteiger partial charge < -0.3 is 72.6 Å². The molecule has 0 atom stereocenters. The van der Waals surface area contributed by atoms with Crippen molar-refractivity contribution in [3.63, 3.8) is 0 Å². The molecule has 0 radical (unpaired) electrons. The van der Waals surface area contributed by atoms with Crippen molar-refractivity contribution in [1.82, 2.24) is 39.5 Å². The average Bonchev–Trinajstić information content (AvgIpc) is 1.60. The second kappa shape index (κ2) is 40.0. The number of H-pyrrole nitrogens is 2. The number of nitrogens with zero attached hydrogens (tertiary/aromatic N) is 6. The van der Waals surface area contributed by atoms with Crippen molar-refractivity contribution in [2.75, 3.05) is 78.8 Å². The number of carboxylic acids is 1. The highest BCUT2D eigenvalue weighted by Crippen LogP contribution is 2.42. The standard InChI is InChI=1S/C86H100N8O18/c1-53(2)109-78(101)49-91(57(9)95)35-17-39-105-66-25-13-21-61(43-66)82-70-29-30-71(87-70)83(62-22-14-26-67(44-62)106-40-18-36-92(58(10)96)50-79(102)110-54(3)4)73-33-34-75(89-73)85(64-24-16-28-69(46-64)108-42-20-38-94(60(12)98)52-81(104)112-56(7)8)86-65(48-77(99)100)47-76(90-86)84(74-32-31-72(82)88-74)63-23-15-27-68(45-63)107-41-19-37-93(59(11)97)51-80(103)111-55(5)6/h13-16,21-34,43-47,53-56,87,90H,17-20,35-42,48-52H2,1-12H3,(H,99,100). The third-order valence-electron chi connectivity index (χ3n) is 17.7. The number of esters is 4. The predicted molar refractivity (Wildman–Crippen MR) is 426 cm³/mol. The summed E-state index contributed by atoms with van der Waals surface area (Å²) >= 11 is 0. The van der Waals surface area contributed by atoms with E-state index in [1.54, 1.807) is 73.6 Å². The first kappa shape index (κ1) is 83.9. The van der Waals surface area contributed by atoms with Crippen LogP contribution in [0.3, 0.4) is 0 Å². The highest BCUT2D eigenvalue weighted by Gasteiger charge is 2.26. The number of ether oxygens (including phenoxy) is 8. The van der Waals surface area contributed by atoms with Gasteiger partial charge in [0.25, 0.3) is 0 Å². The number of aromatic amines is 2. The van der Waals surface area contributed by atoms with Crippen LogP contribution in [0.5, 0.6) is 23.0 Å². The topological polar surface area (TPSA) is 318 Å². The molecule has 9 rings (SSSR count). The molecule has 0 fully saturated rings. The van der Waals surface area contributed by atoms with Gasteiger partial charge in [-0.2, -0.15) is 0 Å². The minimum atomic E-state index is -1.12. The first-order chi connectivity index (χ1) is 53.5. The molecule has 0 aliphatic carbocycles. The number of carbonyl (C=O) groups excluding carboxylic acids is 8. The Morgan fingerprint density at radius 3 is 0.920 bits per heavy atom. The molecule has 592 valence electrons. The molecule has 3 aromatic heterocycles. The van der Waals surface area contributed by atoms with Gasteiger partial charge in [0.2, 0.25) is 23.6 Å². The molecule has 4 amide bonds. The SMILES string of the molecule is CC(=O)N(CCCOc1cccc(-c2c3nc(c(-c4cccc(OCCCN(CC(=O)OC(C)C)C(C)=O)c4)c4cc(CC(=O)O)c([nH]4)c(-c4cccc(OCCCN(CC(=O)OC(C)C)C(C)=O)c4)c4nc(c(-c5cccc(OCCCN(CC(=O)OC(C)C)C(C)=O)c5)c5ccc2[nH]5)C=C4)C=C3)c1)CC(=O)OC(C)C. The molecule has 0 saturated heterocycles. The minimum absolute atomic E-state index is 0.144. The second-order valence-corrected chi connectivity index (χ2v) is 28.2. The number of hydrogen-bond donors (Lipinski definition) is 3. The number of aliphatic carboxylic acids is 1.